The Bertz CT molecular complexity index is 754. The summed E-state index contributed by atoms with van der Waals surface area (Å²) in [5, 5.41) is 13.1. The topological polar surface area (TPSA) is 72.2 Å². The molecule has 0 bridgehead atoms. The number of hydrogen-bond donors (Lipinski definition) is 2. The van der Waals surface area contributed by atoms with Crippen molar-refractivity contribution in [3.05, 3.63) is 66.0 Å². The summed E-state index contributed by atoms with van der Waals surface area (Å²) in [6, 6.07) is 17.4. The molecule has 0 fully saturated rings. The molecule has 0 saturated heterocycles. The number of aryl methyl sites for hydroxylation is 1. The van der Waals surface area contributed by atoms with Gasteiger partial charge in [0, 0.05) is 19.2 Å². The zero-order valence-electron chi connectivity index (χ0n) is 12.8. The number of nitrogens with one attached hydrogen (secondary N) is 1. The van der Waals surface area contributed by atoms with E-state index < -0.39 is 0 Å². The molecule has 23 heavy (non-hydrogen) atoms. The first-order chi connectivity index (χ1) is 11.3. The van der Waals surface area contributed by atoms with Gasteiger partial charge in [0.15, 0.2) is 11.6 Å². The van der Waals surface area contributed by atoms with Gasteiger partial charge >= 0.3 is 0 Å². The Balaban J connectivity index is 1.67. The van der Waals surface area contributed by atoms with E-state index in [0.29, 0.717) is 19.0 Å². The van der Waals surface area contributed by atoms with Gasteiger partial charge in [-0.3, -0.25) is 0 Å². The Kier molecular flexibility index (Phi) is 4.65. The van der Waals surface area contributed by atoms with E-state index >= 15 is 0 Å². The van der Waals surface area contributed by atoms with Gasteiger partial charge in [-0.25, -0.2) is 15.1 Å². The highest BCUT2D eigenvalue weighted by atomic mass is 16.5. The standard InChI is InChI=1S/C17H18N4O2/c1-21-16(19-17(20-21)14-5-3-2-4-6-14)12-23-15-9-7-13(8-10-15)11-18-22/h2-10,18,22H,11-12H2,1H3. The molecular formula is C17H18N4O2. The summed E-state index contributed by atoms with van der Waals surface area (Å²) in [5.74, 6) is 2.19. The number of benzene rings is 2. The number of nitrogens with zero attached hydrogens (tertiary/aromatic N) is 3. The molecule has 0 amide bonds. The van der Waals surface area contributed by atoms with Crippen molar-refractivity contribution in [3.63, 3.8) is 0 Å². The first kappa shape index (κ1) is 15.2. The number of aromatic nitrogens is 3. The molecule has 0 aliphatic rings. The minimum atomic E-state index is 0.341. The van der Waals surface area contributed by atoms with Crippen molar-refractivity contribution in [1.29, 1.82) is 0 Å². The molecule has 1 heterocycles. The van der Waals surface area contributed by atoms with Crippen LogP contribution in [0.5, 0.6) is 5.75 Å². The minimum Gasteiger partial charge on any atom is -0.486 e. The van der Waals surface area contributed by atoms with Crippen LogP contribution in [0, 0.1) is 0 Å². The van der Waals surface area contributed by atoms with Gasteiger partial charge in [0.2, 0.25) is 0 Å². The number of ether oxygens (including phenoxy) is 1. The summed E-state index contributed by atoms with van der Waals surface area (Å²) in [7, 11) is 1.86. The second-order valence-electron chi connectivity index (χ2n) is 5.11. The van der Waals surface area contributed by atoms with Crippen LogP contribution in [0.3, 0.4) is 0 Å². The highest BCUT2D eigenvalue weighted by Gasteiger charge is 2.09. The van der Waals surface area contributed by atoms with Crippen molar-refractivity contribution in [2.24, 2.45) is 7.05 Å². The maximum atomic E-state index is 8.67. The minimum absolute atomic E-state index is 0.341. The second-order valence-corrected chi connectivity index (χ2v) is 5.11. The fraction of sp³-hybridized carbons (Fsp3) is 0.176. The van der Waals surface area contributed by atoms with E-state index in [-0.39, 0.29) is 0 Å². The van der Waals surface area contributed by atoms with Crippen LogP contribution in [-0.4, -0.2) is 20.0 Å². The van der Waals surface area contributed by atoms with Crippen LogP contribution in [0.15, 0.2) is 54.6 Å². The Morgan fingerprint density at radius 2 is 1.83 bits per heavy atom. The lowest BCUT2D eigenvalue weighted by atomic mass is 10.2. The van der Waals surface area contributed by atoms with Crippen LogP contribution in [0.25, 0.3) is 11.4 Å². The molecule has 0 radical (unpaired) electrons. The largest absolute Gasteiger partial charge is 0.486 e. The monoisotopic (exact) mass is 310 g/mol. The van der Waals surface area contributed by atoms with Crippen LogP contribution >= 0.6 is 0 Å². The van der Waals surface area contributed by atoms with Crippen LogP contribution in [0.4, 0.5) is 0 Å². The lowest BCUT2D eigenvalue weighted by Crippen LogP contribution is -2.06. The maximum Gasteiger partial charge on any atom is 0.181 e. The summed E-state index contributed by atoms with van der Waals surface area (Å²) in [6.07, 6.45) is 0. The number of hydrogen-bond acceptors (Lipinski definition) is 5. The Hall–Kier alpha value is -2.70. The fourth-order valence-corrected chi connectivity index (χ4v) is 2.19. The van der Waals surface area contributed by atoms with Gasteiger partial charge in [-0.05, 0) is 17.7 Å². The molecule has 0 unspecified atom stereocenters. The van der Waals surface area contributed by atoms with Crippen LogP contribution in [-0.2, 0) is 20.2 Å². The Labute approximate surface area is 134 Å². The van der Waals surface area contributed by atoms with Gasteiger partial charge < -0.3 is 9.94 Å². The van der Waals surface area contributed by atoms with E-state index in [1.807, 2.05) is 61.6 Å². The molecule has 3 aromatic rings. The van der Waals surface area contributed by atoms with Crippen molar-refractivity contribution in [3.8, 4) is 17.1 Å². The van der Waals surface area contributed by atoms with E-state index in [4.69, 9.17) is 9.94 Å². The van der Waals surface area contributed by atoms with E-state index in [1.54, 1.807) is 4.68 Å². The summed E-state index contributed by atoms with van der Waals surface area (Å²) >= 11 is 0. The molecule has 0 atom stereocenters. The number of hydroxylamine groups is 1. The molecular weight excluding hydrogens is 292 g/mol. The van der Waals surface area contributed by atoms with Gasteiger partial charge in [-0.1, -0.05) is 42.5 Å². The van der Waals surface area contributed by atoms with Crippen LogP contribution in [0.1, 0.15) is 11.4 Å². The van der Waals surface area contributed by atoms with E-state index in [2.05, 4.69) is 15.6 Å². The highest BCUT2D eigenvalue weighted by Crippen LogP contribution is 2.17. The predicted octanol–water partition coefficient (Wildman–Crippen LogP) is 2.54. The van der Waals surface area contributed by atoms with Gasteiger partial charge in [0.05, 0.1) is 0 Å². The SMILES string of the molecule is Cn1nc(-c2ccccc2)nc1COc1ccc(CNO)cc1. The second kappa shape index (κ2) is 7.04. The average Bonchev–Trinajstić information content (AvgIpc) is 2.96. The third-order valence-corrected chi connectivity index (χ3v) is 3.46. The highest BCUT2D eigenvalue weighted by molar-refractivity contribution is 5.53. The molecule has 0 spiro atoms. The molecule has 2 N–H and O–H groups in total. The molecule has 0 saturated carbocycles. The van der Waals surface area contributed by atoms with Crippen LogP contribution in [0.2, 0.25) is 0 Å². The summed E-state index contributed by atoms with van der Waals surface area (Å²) in [6.45, 7) is 0.748. The van der Waals surface area contributed by atoms with E-state index in [9.17, 15) is 0 Å². The summed E-state index contributed by atoms with van der Waals surface area (Å²) in [4.78, 5) is 4.53. The molecule has 0 aliphatic heterocycles. The summed E-state index contributed by atoms with van der Waals surface area (Å²) < 4.78 is 7.48. The lowest BCUT2D eigenvalue weighted by molar-refractivity contribution is 0.161. The first-order valence-corrected chi connectivity index (χ1v) is 7.30. The normalized spacial score (nSPS) is 10.7. The van der Waals surface area contributed by atoms with Crippen molar-refractivity contribution in [2.75, 3.05) is 0 Å². The maximum absolute atomic E-state index is 8.67. The van der Waals surface area contributed by atoms with Gasteiger partial charge in [-0.2, -0.15) is 5.10 Å². The smallest absolute Gasteiger partial charge is 0.181 e. The number of rotatable bonds is 6. The Morgan fingerprint density at radius 3 is 2.52 bits per heavy atom. The molecule has 118 valence electrons. The van der Waals surface area contributed by atoms with Crippen LogP contribution < -0.4 is 10.2 Å². The predicted molar refractivity (Wildman–Crippen MR) is 85.8 cm³/mol. The molecule has 2 aromatic carbocycles. The fourth-order valence-electron chi connectivity index (χ4n) is 2.19. The average molecular weight is 310 g/mol. The molecule has 6 heteroatoms. The molecule has 6 nitrogen and oxygen atoms in total. The van der Waals surface area contributed by atoms with Gasteiger partial charge in [0.25, 0.3) is 0 Å². The van der Waals surface area contributed by atoms with Crippen molar-refractivity contribution in [2.45, 2.75) is 13.2 Å². The lowest BCUT2D eigenvalue weighted by Gasteiger charge is -2.06. The first-order valence-electron chi connectivity index (χ1n) is 7.30. The molecule has 0 aliphatic carbocycles. The van der Waals surface area contributed by atoms with Gasteiger partial charge in [0.1, 0.15) is 12.4 Å². The van der Waals surface area contributed by atoms with Crippen molar-refractivity contribution in [1.82, 2.24) is 20.2 Å². The van der Waals surface area contributed by atoms with E-state index in [0.717, 1.165) is 22.7 Å². The van der Waals surface area contributed by atoms with E-state index in [1.165, 1.54) is 0 Å². The van der Waals surface area contributed by atoms with Gasteiger partial charge in [-0.15, -0.1) is 0 Å². The zero-order chi connectivity index (χ0) is 16.1. The third kappa shape index (κ3) is 3.74. The summed E-state index contributed by atoms with van der Waals surface area (Å²) in [5.41, 5.74) is 4.08. The van der Waals surface area contributed by atoms with Crippen molar-refractivity contribution >= 4 is 0 Å². The quantitative estimate of drug-likeness (QED) is 0.685. The zero-order valence-corrected chi connectivity index (χ0v) is 12.8. The molecule has 1 aromatic heterocycles. The Morgan fingerprint density at radius 1 is 1.09 bits per heavy atom. The van der Waals surface area contributed by atoms with Crippen molar-refractivity contribution < 1.29 is 9.94 Å². The molecule has 3 rings (SSSR count). The third-order valence-electron chi connectivity index (χ3n) is 3.46.